The van der Waals surface area contributed by atoms with Crippen LogP contribution in [0.1, 0.15) is 24.8 Å². The number of nitrogens with zero attached hydrogens (tertiary/aromatic N) is 2. The first kappa shape index (κ1) is 24.7. The third-order valence-corrected chi connectivity index (χ3v) is 7.45. The fraction of sp³-hybridized carbons (Fsp3) is 0.667. The number of hydrogen-bond donors (Lipinski definition) is 0. The van der Waals surface area contributed by atoms with Crippen LogP contribution in [-0.4, -0.2) is 88.2 Å². The summed E-state index contributed by atoms with van der Waals surface area (Å²) in [4.78, 5) is 16.6. The quantitative estimate of drug-likeness (QED) is 0.510. The number of hydrogen-bond acceptors (Lipinski definition) is 7. The molecule has 32 heavy (non-hydrogen) atoms. The van der Waals surface area contributed by atoms with Crippen LogP contribution in [0, 0.1) is 0 Å². The van der Waals surface area contributed by atoms with E-state index < -0.39 is 16.4 Å². The number of ether oxygens (including phenoxy) is 3. The lowest BCUT2D eigenvalue weighted by atomic mass is 10.1. The van der Waals surface area contributed by atoms with Crippen LogP contribution in [0.3, 0.4) is 0 Å². The van der Waals surface area contributed by atoms with Crippen molar-refractivity contribution < 1.29 is 36.2 Å². The lowest BCUT2D eigenvalue weighted by Gasteiger charge is -2.32. The van der Waals surface area contributed by atoms with E-state index in [1.165, 1.54) is 13.2 Å². The van der Waals surface area contributed by atoms with E-state index in [1.54, 1.807) is 29.0 Å². The minimum Gasteiger partial charge on any atom is -0.493 e. The molecule has 2 aliphatic rings. The molecule has 0 spiro atoms. The summed E-state index contributed by atoms with van der Waals surface area (Å²) in [7, 11) is -0.000760. The van der Waals surface area contributed by atoms with Gasteiger partial charge in [0.1, 0.15) is 0 Å². The molecule has 2 saturated heterocycles. The zero-order valence-corrected chi connectivity index (χ0v) is 19.2. The Hall–Kier alpha value is -1.98. The summed E-state index contributed by atoms with van der Waals surface area (Å²) in [5.74, 6) is 0.0386. The molecule has 0 aliphatic carbocycles. The van der Waals surface area contributed by atoms with Crippen molar-refractivity contribution in [3.63, 3.8) is 0 Å². The molecule has 1 aromatic rings. The van der Waals surface area contributed by atoms with Gasteiger partial charge in [0, 0.05) is 25.7 Å². The van der Waals surface area contributed by atoms with Crippen LogP contribution in [0.5, 0.6) is 11.5 Å². The van der Waals surface area contributed by atoms with Crippen LogP contribution in [-0.2, 0) is 25.9 Å². The van der Waals surface area contributed by atoms with E-state index in [1.807, 2.05) is 0 Å². The minimum absolute atomic E-state index is 0.0159. The highest BCUT2D eigenvalue weighted by atomic mass is 32.2. The molecule has 2 unspecified atom stereocenters. The third-order valence-electron chi connectivity index (χ3n) is 5.70. The maximum Gasteiger partial charge on any atom is 0.387 e. The van der Waals surface area contributed by atoms with Gasteiger partial charge in [0.05, 0.1) is 31.3 Å². The van der Waals surface area contributed by atoms with Gasteiger partial charge in [-0.15, -0.1) is 0 Å². The van der Waals surface area contributed by atoms with E-state index in [0.717, 1.165) is 18.4 Å². The molecule has 0 saturated carbocycles. The van der Waals surface area contributed by atoms with Crippen molar-refractivity contribution in [1.82, 2.24) is 9.80 Å². The molecule has 11 heteroatoms. The molecule has 8 nitrogen and oxygen atoms in total. The second kappa shape index (κ2) is 10.8. The number of likely N-dealkylation sites (N-methyl/N-ethyl adjacent to an activating group) is 1. The lowest BCUT2D eigenvalue weighted by Crippen LogP contribution is -2.48. The molecule has 3 rings (SSSR count). The van der Waals surface area contributed by atoms with E-state index in [0.29, 0.717) is 26.1 Å². The fourth-order valence-corrected chi connectivity index (χ4v) is 5.91. The second-order valence-corrected chi connectivity index (χ2v) is 10.5. The molecule has 1 aromatic carbocycles. The predicted octanol–water partition coefficient (Wildman–Crippen LogP) is 1.92. The van der Waals surface area contributed by atoms with Gasteiger partial charge in [-0.05, 0) is 44.0 Å². The van der Waals surface area contributed by atoms with E-state index >= 15 is 0 Å². The molecular formula is C21H30F2N2O6S. The Bertz CT molecular complexity index is 892. The van der Waals surface area contributed by atoms with Crippen LogP contribution in [0.2, 0.25) is 0 Å². The smallest absolute Gasteiger partial charge is 0.387 e. The standard InChI is InChI=1S/C21H30F2N2O6S/c1-24(11-15-5-6-18(31-21(22)23)19(10-15)29-2)13-20(26)25(12-17-4-3-8-30-17)16-7-9-32(27,28)14-16/h5-6,10,16-17,21H,3-4,7-9,11-14H2,1-2H3. The number of halogens is 2. The highest BCUT2D eigenvalue weighted by Gasteiger charge is 2.36. The molecule has 2 aliphatic heterocycles. The van der Waals surface area contributed by atoms with Gasteiger partial charge in [0.25, 0.3) is 0 Å². The average Bonchev–Trinajstić information content (AvgIpc) is 3.35. The molecule has 0 aromatic heterocycles. The van der Waals surface area contributed by atoms with Crippen LogP contribution >= 0.6 is 0 Å². The Balaban J connectivity index is 1.64. The van der Waals surface area contributed by atoms with E-state index in [4.69, 9.17) is 9.47 Å². The molecule has 180 valence electrons. The number of carbonyl (C=O) groups is 1. The molecule has 0 radical (unpaired) electrons. The topological polar surface area (TPSA) is 85.4 Å². The van der Waals surface area contributed by atoms with Crippen LogP contribution in [0.15, 0.2) is 18.2 Å². The highest BCUT2D eigenvalue weighted by Crippen LogP contribution is 2.30. The summed E-state index contributed by atoms with van der Waals surface area (Å²) in [5.41, 5.74) is 0.757. The van der Waals surface area contributed by atoms with Crippen molar-refractivity contribution in [2.45, 2.75) is 44.6 Å². The van der Waals surface area contributed by atoms with Gasteiger partial charge in [-0.2, -0.15) is 8.78 Å². The maximum absolute atomic E-state index is 13.1. The van der Waals surface area contributed by atoms with E-state index in [2.05, 4.69) is 4.74 Å². The number of alkyl halides is 2. The van der Waals surface area contributed by atoms with Gasteiger partial charge in [0.15, 0.2) is 21.3 Å². The summed E-state index contributed by atoms with van der Waals surface area (Å²) >= 11 is 0. The molecular weight excluding hydrogens is 446 g/mol. The largest absolute Gasteiger partial charge is 0.493 e. The zero-order valence-electron chi connectivity index (χ0n) is 18.3. The molecule has 2 heterocycles. The first-order chi connectivity index (χ1) is 15.2. The van der Waals surface area contributed by atoms with Crippen molar-refractivity contribution in [2.24, 2.45) is 0 Å². The minimum atomic E-state index is -3.13. The Labute approximate surface area is 187 Å². The number of methoxy groups -OCH3 is 1. The van der Waals surface area contributed by atoms with E-state index in [9.17, 15) is 22.0 Å². The Kier molecular flexibility index (Phi) is 8.29. The maximum atomic E-state index is 13.1. The second-order valence-electron chi connectivity index (χ2n) is 8.27. The van der Waals surface area contributed by atoms with Gasteiger partial charge in [-0.25, -0.2) is 8.42 Å². The Morgan fingerprint density at radius 3 is 2.66 bits per heavy atom. The SMILES string of the molecule is COc1cc(CN(C)CC(=O)N(CC2CCCO2)C2CCS(=O)(=O)C2)ccc1OC(F)F. The lowest BCUT2D eigenvalue weighted by molar-refractivity contribution is -0.135. The predicted molar refractivity (Wildman–Crippen MR) is 114 cm³/mol. The summed E-state index contributed by atoms with van der Waals surface area (Å²) in [6.07, 6.45) is 2.15. The summed E-state index contributed by atoms with van der Waals surface area (Å²) in [6, 6.07) is 4.29. The van der Waals surface area contributed by atoms with Crippen molar-refractivity contribution >= 4 is 15.7 Å². The summed E-state index contributed by atoms with van der Waals surface area (Å²) < 4.78 is 64.2. The Morgan fingerprint density at radius 1 is 1.28 bits per heavy atom. The van der Waals surface area contributed by atoms with Gasteiger partial charge in [0.2, 0.25) is 5.91 Å². The number of sulfone groups is 1. The normalized spacial score (nSPS) is 22.4. The monoisotopic (exact) mass is 476 g/mol. The van der Waals surface area contributed by atoms with Gasteiger partial charge in [-0.3, -0.25) is 9.69 Å². The molecule has 2 atom stereocenters. The molecule has 0 N–H and O–H groups in total. The number of rotatable bonds is 10. The van der Waals surface area contributed by atoms with Gasteiger partial charge < -0.3 is 19.1 Å². The molecule has 2 fully saturated rings. The fourth-order valence-electron chi connectivity index (χ4n) is 4.18. The zero-order chi connectivity index (χ0) is 23.3. The van der Waals surface area contributed by atoms with Crippen molar-refractivity contribution in [2.75, 3.05) is 45.4 Å². The summed E-state index contributed by atoms with van der Waals surface area (Å²) in [6.45, 7) is -1.46. The first-order valence-electron chi connectivity index (χ1n) is 10.6. The number of benzene rings is 1. The number of amides is 1. The highest BCUT2D eigenvalue weighted by molar-refractivity contribution is 7.91. The van der Waals surface area contributed by atoms with Gasteiger partial charge in [-0.1, -0.05) is 6.07 Å². The van der Waals surface area contributed by atoms with Crippen molar-refractivity contribution in [1.29, 1.82) is 0 Å². The summed E-state index contributed by atoms with van der Waals surface area (Å²) in [5, 5.41) is 0. The molecule has 0 bridgehead atoms. The first-order valence-corrected chi connectivity index (χ1v) is 12.4. The third kappa shape index (κ3) is 6.76. The van der Waals surface area contributed by atoms with Crippen LogP contribution < -0.4 is 9.47 Å². The van der Waals surface area contributed by atoms with Crippen LogP contribution in [0.4, 0.5) is 8.78 Å². The van der Waals surface area contributed by atoms with Gasteiger partial charge >= 0.3 is 6.61 Å². The molecule has 1 amide bonds. The van der Waals surface area contributed by atoms with E-state index in [-0.39, 0.29) is 47.6 Å². The van der Waals surface area contributed by atoms with Crippen molar-refractivity contribution in [3.05, 3.63) is 23.8 Å². The average molecular weight is 477 g/mol. The number of carbonyl (C=O) groups excluding carboxylic acids is 1. The van der Waals surface area contributed by atoms with Crippen LogP contribution in [0.25, 0.3) is 0 Å². The van der Waals surface area contributed by atoms with Crippen molar-refractivity contribution in [3.8, 4) is 11.5 Å². The Morgan fingerprint density at radius 2 is 2.06 bits per heavy atom.